The topological polar surface area (TPSA) is 53.1 Å². The van der Waals surface area contributed by atoms with Crippen LogP contribution in [0, 0.1) is 11.3 Å². The normalized spacial score (nSPS) is 12.1. The lowest BCUT2D eigenvalue weighted by Gasteiger charge is -2.27. The van der Waals surface area contributed by atoms with Gasteiger partial charge in [-0.05, 0) is 18.1 Å². The van der Waals surface area contributed by atoms with E-state index in [4.69, 9.17) is 11.1 Å². The van der Waals surface area contributed by atoms with Gasteiger partial charge >= 0.3 is 0 Å². The van der Waals surface area contributed by atoms with Gasteiger partial charge in [-0.2, -0.15) is 0 Å². The quantitative estimate of drug-likeness (QED) is 0.562. The third-order valence-corrected chi connectivity index (χ3v) is 3.00. The monoisotopic (exact) mass is 233 g/mol. The first-order chi connectivity index (χ1) is 8.13. The van der Waals surface area contributed by atoms with Gasteiger partial charge in [-0.1, -0.05) is 38.5 Å². The minimum absolute atomic E-state index is 0.259. The van der Waals surface area contributed by atoms with E-state index in [0.717, 1.165) is 13.1 Å². The summed E-state index contributed by atoms with van der Waals surface area (Å²) in [6, 6.07) is 10.3. The van der Waals surface area contributed by atoms with Gasteiger partial charge in [-0.15, -0.1) is 0 Å². The van der Waals surface area contributed by atoms with Crippen LogP contribution in [-0.4, -0.2) is 18.9 Å². The zero-order valence-corrected chi connectivity index (χ0v) is 10.8. The summed E-state index contributed by atoms with van der Waals surface area (Å²) in [4.78, 5) is 2.32. The van der Waals surface area contributed by atoms with E-state index >= 15 is 0 Å². The Kier molecular flexibility index (Phi) is 5.53. The summed E-state index contributed by atoms with van der Waals surface area (Å²) in [6.45, 7) is 6.31. The molecule has 1 rings (SSSR count). The van der Waals surface area contributed by atoms with Crippen molar-refractivity contribution in [2.45, 2.75) is 26.7 Å². The number of anilines is 1. The lowest BCUT2D eigenvalue weighted by atomic mass is 10.1. The van der Waals surface area contributed by atoms with Crippen LogP contribution >= 0.6 is 0 Å². The second kappa shape index (κ2) is 6.94. The second-order valence-electron chi connectivity index (χ2n) is 4.57. The molecule has 1 unspecified atom stereocenters. The molecular formula is C14H23N3. The fourth-order valence-corrected chi connectivity index (χ4v) is 1.73. The molecule has 1 aromatic carbocycles. The molecule has 0 saturated carbocycles. The number of nitrogens with two attached hydrogens (primary N) is 1. The first kappa shape index (κ1) is 13.6. The van der Waals surface area contributed by atoms with Gasteiger partial charge in [0.2, 0.25) is 0 Å². The molecule has 17 heavy (non-hydrogen) atoms. The predicted molar refractivity (Wildman–Crippen MR) is 74.6 cm³/mol. The largest absolute Gasteiger partial charge is 0.388 e. The standard InChI is InChI=1S/C14H23N3/c1-3-12(2)11-17(10-9-14(15)16)13-7-5-4-6-8-13/h4-8,12H,3,9-11H2,1-2H3,(H3,15,16). The molecule has 0 heterocycles. The number of nitrogens with zero attached hydrogens (tertiary/aromatic N) is 1. The Labute approximate surface area is 104 Å². The van der Waals surface area contributed by atoms with Gasteiger partial charge in [0, 0.05) is 25.2 Å². The highest BCUT2D eigenvalue weighted by Gasteiger charge is 2.09. The van der Waals surface area contributed by atoms with Crippen molar-refractivity contribution in [3.63, 3.8) is 0 Å². The highest BCUT2D eigenvalue weighted by molar-refractivity contribution is 5.77. The van der Waals surface area contributed by atoms with E-state index in [0.29, 0.717) is 12.3 Å². The maximum atomic E-state index is 7.33. The molecule has 0 aliphatic carbocycles. The number of benzene rings is 1. The second-order valence-corrected chi connectivity index (χ2v) is 4.57. The molecule has 0 aliphatic heterocycles. The smallest absolute Gasteiger partial charge is 0.0923 e. The third-order valence-electron chi connectivity index (χ3n) is 3.00. The maximum absolute atomic E-state index is 7.33. The molecular weight excluding hydrogens is 210 g/mol. The van der Waals surface area contributed by atoms with Crippen molar-refractivity contribution in [3.8, 4) is 0 Å². The van der Waals surface area contributed by atoms with Gasteiger partial charge in [0.15, 0.2) is 0 Å². The van der Waals surface area contributed by atoms with Gasteiger partial charge in [-0.25, -0.2) is 0 Å². The molecule has 0 amide bonds. The van der Waals surface area contributed by atoms with Crippen molar-refractivity contribution in [2.75, 3.05) is 18.0 Å². The minimum atomic E-state index is 0.259. The SMILES string of the molecule is CCC(C)CN(CCC(=N)N)c1ccccc1. The van der Waals surface area contributed by atoms with Crippen LogP contribution in [0.3, 0.4) is 0 Å². The highest BCUT2D eigenvalue weighted by Crippen LogP contribution is 2.16. The van der Waals surface area contributed by atoms with Crippen LogP contribution in [0.4, 0.5) is 5.69 Å². The van der Waals surface area contributed by atoms with Crippen LogP contribution in [0.25, 0.3) is 0 Å². The van der Waals surface area contributed by atoms with Crippen LogP contribution in [0.5, 0.6) is 0 Å². The van der Waals surface area contributed by atoms with Crippen molar-refractivity contribution in [3.05, 3.63) is 30.3 Å². The Morgan fingerprint density at radius 2 is 2.00 bits per heavy atom. The number of amidine groups is 1. The van der Waals surface area contributed by atoms with Gasteiger partial charge in [0.1, 0.15) is 0 Å². The molecule has 0 aliphatic rings. The molecule has 3 N–H and O–H groups in total. The number of hydrogen-bond donors (Lipinski definition) is 2. The first-order valence-electron chi connectivity index (χ1n) is 6.26. The van der Waals surface area contributed by atoms with Crippen molar-refractivity contribution in [2.24, 2.45) is 11.7 Å². The number of rotatable bonds is 7. The average Bonchev–Trinajstić information content (AvgIpc) is 2.35. The molecule has 0 spiro atoms. The Bertz CT molecular complexity index is 335. The summed E-state index contributed by atoms with van der Waals surface area (Å²) in [6.07, 6.45) is 1.80. The van der Waals surface area contributed by atoms with Crippen LogP contribution in [0.15, 0.2) is 30.3 Å². The van der Waals surface area contributed by atoms with Crippen LogP contribution in [0.1, 0.15) is 26.7 Å². The third kappa shape index (κ3) is 4.89. The highest BCUT2D eigenvalue weighted by atomic mass is 15.1. The molecule has 0 fully saturated rings. The van der Waals surface area contributed by atoms with E-state index in [1.807, 2.05) is 18.2 Å². The zero-order valence-electron chi connectivity index (χ0n) is 10.8. The molecule has 1 atom stereocenters. The zero-order chi connectivity index (χ0) is 12.7. The van der Waals surface area contributed by atoms with E-state index in [1.165, 1.54) is 12.1 Å². The summed E-state index contributed by atoms with van der Waals surface area (Å²) in [5, 5.41) is 7.33. The van der Waals surface area contributed by atoms with E-state index in [9.17, 15) is 0 Å². The van der Waals surface area contributed by atoms with Crippen molar-refractivity contribution in [1.82, 2.24) is 0 Å². The molecule has 0 radical (unpaired) electrons. The average molecular weight is 233 g/mol. The van der Waals surface area contributed by atoms with Crippen LogP contribution in [-0.2, 0) is 0 Å². The number of hydrogen-bond acceptors (Lipinski definition) is 2. The first-order valence-corrected chi connectivity index (χ1v) is 6.26. The Morgan fingerprint density at radius 3 is 2.53 bits per heavy atom. The van der Waals surface area contributed by atoms with Crippen LogP contribution in [0.2, 0.25) is 0 Å². The van der Waals surface area contributed by atoms with E-state index in [-0.39, 0.29) is 5.84 Å². The summed E-state index contributed by atoms with van der Waals surface area (Å²) in [5.41, 5.74) is 6.66. The fraction of sp³-hybridized carbons (Fsp3) is 0.500. The number of para-hydroxylation sites is 1. The molecule has 94 valence electrons. The van der Waals surface area contributed by atoms with E-state index < -0.39 is 0 Å². The van der Waals surface area contributed by atoms with Gasteiger partial charge < -0.3 is 10.6 Å². The van der Waals surface area contributed by atoms with Crippen molar-refractivity contribution < 1.29 is 0 Å². The molecule has 0 bridgehead atoms. The maximum Gasteiger partial charge on any atom is 0.0923 e. The lowest BCUT2D eigenvalue weighted by Crippen LogP contribution is -2.31. The lowest BCUT2D eigenvalue weighted by molar-refractivity contribution is 0.545. The Hall–Kier alpha value is -1.51. The molecule has 3 heteroatoms. The van der Waals surface area contributed by atoms with Crippen LogP contribution < -0.4 is 10.6 Å². The molecule has 1 aromatic rings. The number of nitrogens with one attached hydrogen (secondary N) is 1. The Morgan fingerprint density at radius 1 is 1.35 bits per heavy atom. The minimum Gasteiger partial charge on any atom is -0.388 e. The summed E-state index contributed by atoms with van der Waals surface area (Å²) >= 11 is 0. The predicted octanol–water partition coefficient (Wildman–Crippen LogP) is 2.87. The van der Waals surface area contributed by atoms with Gasteiger partial charge in [-0.3, -0.25) is 5.41 Å². The van der Waals surface area contributed by atoms with Crippen molar-refractivity contribution in [1.29, 1.82) is 5.41 Å². The van der Waals surface area contributed by atoms with E-state index in [2.05, 4.69) is 30.9 Å². The summed E-state index contributed by atoms with van der Waals surface area (Å²) < 4.78 is 0. The van der Waals surface area contributed by atoms with Crippen molar-refractivity contribution >= 4 is 11.5 Å². The molecule has 0 aromatic heterocycles. The summed E-state index contributed by atoms with van der Waals surface area (Å²) in [7, 11) is 0. The van der Waals surface area contributed by atoms with E-state index in [1.54, 1.807) is 0 Å². The molecule has 3 nitrogen and oxygen atoms in total. The van der Waals surface area contributed by atoms with Gasteiger partial charge in [0.05, 0.1) is 5.84 Å². The Balaban J connectivity index is 2.68. The molecule has 0 saturated heterocycles. The van der Waals surface area contributed by atoms with Gasteiger partial charge in [0.25, 0.3) is 0 Å². The summed E-state index contributed by atoms with van der Waals surface area (Å²) in [5.74, 6) is 0.914. The fourth-order valence-electron chi connectivity index (χ4n) is 1.73.